The van der Waals surface area contributed by atoms with E-state index in [4.69, 9.17) is 4.74 Å². The van der Waals surface area contributed by atoms with Gasteiger partial charge in [0.25, 0.3) is 5.91 Å². The summed E-state index contributed by atoms with van der Waals surface area (Å²) in [5.74, 6) is -0.0894. The van der Waals surface area contributed by atoms with Crippen LogP contribution in [-0.2, 0) is 6.42 Å². The van der Waals surface area contributed by atoms with Gasteiger partial charge >= 0.3 is 5.69 Å². The first kappa shape index (κ1) is 15.0. The molecule has 0 saturated carbocycles. The number of aryl methyl sites for hydroxylation is 1. The Morgan fingerprint density at radius 3 is 2.78 bits per heavy atom. The van der Waals surface area contributed by atoms with Crippen LogP contribution in [-0.4, -0.2) is 24.5 Å². The van der Waals surface area contributed by atoms with Gasteiger partial charge in [0.15, 0.2) is 5.75 Å². The predicted octanol–water partition coefficient (Wildman–Crippen LogP) is 3.20. The minimum atomic E-state index is -0.542. The van der Waals surface area contributed by atoms with Crippen molar-refractivity contribution in [3.8, 4) is 5.75 Å². The molecule has 1 aliphatic heterocycles. The smallest absolute Gasteiger partial charge is 0.311 e. The topological polar surface area (TPSA) is 72.7 Å². The number of carbonyl (C=O) groups excluding carboxylic acids is 1. The summed E-state index contributed by atoms with van der Waals surface area (Å²) in [5.41, 5.74) is 2.08. The van der Waals surface area contributed by atoms with Crippen LogP contribution in [0.4, 0.5) is 11.4 Å². The van der Waals surface area contributed by atoms with Crippen LogP contribution in [0.1, 0.15) is 22.3 Å². The number of nitro benzene ring substituents is 1. The fourth-order valence-electron chi connectivity index (χ4n) is 2.87. The van der Waals surface area contributed by atoms with Crippen LogP contribution < -0.4 is 9.64 Å². The quantitative estimate of drug-likeness (QED) is 0.644. The van der Waals surface area contributed by atoms with E-state index in [1.165, 1.54) is 19.2 Å². The maximum absolute atomic E-state index is 12.8. The van der Waals surface area contributed by atoms with Gasteiger partial charge in [0.2, 0.25) is 0 Å². The summed E-state index contributed by atoms with van der Waals surface area (Å²) in [6.45, 7) is 0.607. The average Bonchev–Trinajstić information content (AvgIpc) is 2.60. The highest BCUT2D eigenvalue weighted by atomic mass is 16.6. The fourth-order valence-corrected chi connectivity index (χ4v) is 2.87. The summed E-state index contributed by atoms with van der Waals surface area (Å²) < 4.78 is 4.98. The van der Waals surface area contributed by atoms with Crippen molar-refractivity contribution in [3.05, 3.63) is 63.7 Å². The van der Waals surface area contributed by atoms with Gasteiger partial charge in [0, 0.05) is 23.9 Å². The lowest BCUT2D eigenvalue weighted by molar-refractivity contribution is -0.385. The first-order valence-corrected chi connectivity index (χ1v) is 7.34. The molecule has 1 amide bonds. The summed E-state index contributed by atoms with van der Waals surface area (Å²) in [5, 5.41) is 11.1. The molecule has 2 aromatic carbocycles. The molecule has 0 bridgehead atoms. The molecule has 6 heteroatoms. The molecule has 0 atom stereocenters. The number of hydrogen-bond donors (Lipinski definition) is 0. The van der Waals surface area contributed by atoms with Crippen molar-refractivity contribution < 1.29 is 14.5 Å². The van der Waals surface area contributed by atoms with E-state index >= 15 is 0 Å². The van der Waals surface area contributed by atoms with E-state index < -0.39 is 4.92 Å². The molecule has 23 heavy (non-hydrogen) atoms. The van der Waals surface area contributed by atoms with E-state index in [0.717, 1.165) is 24.1 Å². The molecule has 0 aliphatic carbocycles. The number of nitrogens with zero attached hydrogens (tertiary/aromatic N) is 2. The van der Waals surface area contributed by atoms with E-state index in [0.29, 0.717) is 6.54 Å². The lowest BCUT2D eigenvalue weighted by atomic mass is 10.0. The molecule has 0 spiro atoms. The first-order chi connectivity index (χ1) is 11.1. The molecule has 2 aromatic rings. The van der Waals surface area contributed by atoms with Gasteiger partial charge in [-0.05, 0) is 36.6 Å². The number of para-hydroxylation sites is 1. The van der Waals surface area contributed by atoms with Crippen LogP contribution in [0.25, 0.3) is 0 Å². The fraction of sp³-hybridized carbons (Fsp3) is 0.235. The van der Waals surface area contributed by atoms with E-state index in [9.17, 15) is 14.9 Å². The normalized spacial score (nSPS) is 13.3. The third kappa shape index (κ3) is 2.75. The van der Waals surface area contributed by atoms with Crippen molar-refractivity contribution >= 4 is 17.3 Å². The number of hydrogen-bond acceptors (Lipinski definition) is 4. The third-order valence-corrected chi connectivity index (χ3v) is 3.98. The standard InChI is InChI=1S/C17H16N2O4/c1-23-16-9-8-13(11-15(16)19(21)22)17(20)18-10-4-6-12-5-2-3-7-14(12)18/h2-3,5,7-9,11H,4,6,10H2,1H3. The molecular weight excluding hydrogens is 296 g/mol. The summed E-state index contributed by atoms with van der Waals surface area (Å²) >= 11 is 0. The van der Waals surface area contributed by atoms with Gasteiger partial charge in [-0.3, -0.25) is 14.9 Å². The summed E-state index contributed by atoms with van der Waals surface area (Å²) in [4.78, 5) is 25.1. The van der Waals surface area contributed by atoms with Crippen LogP contribution in [0.3, 0.4) is 0 Å². The van der Waals surface area contributed by atoms with Crippen LogP contribution in [0.5, 0.6) is 5.75 Å². The number of anilines is 1. The molecule has 0 saturated heterocycles. The molecule has 0 N–H and O–H groups in total. The number of rotatable bonds is 3. The zero-order valence-corrected chi connectivity index (χ0v) is 12.7. The van der Waals surface area contributed by atoms with Gasteiger partial charge < -0.3 is 9.64 Å². The van der Waals surface area contributed by atoms with Gasteiger partial charge in [-0.15, -0.1) is 0 Å². The van der Waals surface area contributed by atoms with E-state index in [2.05, 4.69) is 0 Å². The monoisotopic (exact) mass is 312 g/mol. The summed E-state index contributed by atoms with van der Waals surface area (Å²) in [7, 11) is 1.37. The maximum Gasteiger partial charge on any atom is 0.311 e. The number of ether oxygens (including phenoxy) is 1. The SMILES string of the molecule is COc1ccc(C(=O)N2CCCc3ccccc32)cc1[N+](=O)[O-]. The van der Waals surface area contributed by atoms with Crippen LogP contribution in [0.15, 0.2) is 42.5 Å². The van der Waals surface area contributed by atoms with Gasteiger partial charge in [-0.25, -0.2) is 0 Å². The molecule has 118 valence electrons. The zero-order valence-electron chi connectivity index (χ0n) is 12.7. The van der Waals surface area contributed by atoms with Gasteiger partial charge in [0.1, 0.15) is 0 Å². The molecule has 1 aliphatic rings. The van der Waals surface area contributed by atoms with Crippen LogP contribution >= 0.6 is 0 Å². The Hall–Kier alpha value is -2.89. The molecule has 3 rings (SSSR count). The number of nitro groups is 1. The van der Waals surface area contributed by atoms with E-state index in [1.54, 1.807) is 11.0 Å². The minimum Gasteiger partial charge on any atom is -0.490 e. The lowest BCUT2D eigenvalue weighted by Crippen LogP contribution is -2.35. The highest BCUT2D eigenvalue weighted by Gasteiger charge is 2.25. The average molecular weight is 312 g/mol. The molecule has 0 radical (unpaired) electrons. The Bertz CT molecular complexity index is 773. The molecule has 0 fully saturated rings. The second-order valence-electron chi connectivity index (χ2n) is 5.33. The Labute approximate surface area is 133 Å². The molecule has 6 nitrogen and oxygen atoms in total. The van der Waals surface area contributed by atoms with E-state index in [1.807, 2.05) is 24.3 Å². The van der Waals surface area contributed by atoms with Crippen molar-refractivity contribution in [2.24, 2.45) is 0 Å². The highest BCUT2D eigenvalue weighted by molar-refractivity contribution is 6.07. The Morgan fingerprint density at radius 2 is 2.04 bits per heavy atom. The maximum atomic E-state index is 12.8. The predicted molar refractivity (Wildman–Crippen MR) is 86.1 cm³/mol. The van der Waals surface area contributed by atoms with Crippen molar-refractivity contribution in [1.29, 1.82) is 0 Å². The van der Waals surface area contributed by atoms with Crippen molar-refractivity contribution in [3.63, 3.8) is 0 Å². The van der Waals surface area contributed by atoms with Crippen molar-refractivity contribution in [2.45, 2.75) is 12.8 Å². The first-order valence-electron chi connectivity index (χ1n) is 7.34. The lowest BCUT2D eigenvalue weighted by Gasteiger charge is -2.29. The Morgan fingerprint density at radius 1 is 1.26 bits per heavy atom. The number of fused-ring (bicyclic) bond motifs is 1. The minimum absolute atomic E-state index is 0.144. The van der Waals surface area contributed by atoms with Gasteiger partial charge in [-0.2, -0.15) is 0 Å². The van der Waals surface area contributed by atoms with Gasteiger partial charge in [0.05, 0.1) is 12.0 Å². The Balaban J connectivity index is 1.99. The molecule has 0 unspecified atom stereocenters. The Kier molecular flexibility index (Phi) is 3.97. The second kappa shape index (κ2) is 6.08. The number of methoxy groups -OCH3 is 1. The van der Waals surface area contributed by atoms with Crippen molar-refractivity contribution in [2.75, 3.05) is 18.6 Å². The second-order valence-corrected chi connectivity index (χ2v) is 5.33. The zero-order chi connectivity index (χ0) is 16.4. The van der Waals surface area contributed by atoms with E-state index in [-0.39, 0.29) is 22.9 Å². The summed E-state index contributed by atoms with van der Waals surface area (Å²) in [6.07, 6.45) is 1.81. The number of amides is 1. The van der Waals surface area contributed by atoms with Crippen LogP contribution in [0.2, 0.25) is 0 Å². The molecular formula is C17H16N2O4. The highest BCUT2D eigenvalue weighted by Crippen LogP contribution is 2.31. The van der Waals surface area contributed by atoms with Crippen LogP contribution in [0, 0.1) is 10.1 Å². The number of benzene rings is 2. The van der Waals surface area contributed by atoms with Gasteiger partial charge in [-0.1, -0.05) is 18.2 Å². The largest absolute Gasteiger partial charge is 0.490 e. The third-order valence-electron chi connectivity index (χ3n) is 3.98. The number of carbonyl (C=O) groups is 1. The van der Waals surface area contributed by atoms with Crippen molar-refractivity contribution in [1.82, 2.24) is 0 Å². The molecule has 1 heterocycles. The molecule has 0 aromatic heterocycles. The summed E-state index contributed by atoms with van der Waals surface area (Å²) in [6, 6.07) is 12.0.